The normalized spacial score (nSPS) is 16.1. The van der Waals surface area contributed by atoms with Gasteiger partial charge in [0.15, 0.2) is 12.4 Å². The van der Waals surface area contributed by atoms with E-state index in [2.05, 4.69) is 10.1 Å². The van der Waals surface area contributed by atoms with Crippen LogP contribution in [-0.2, 0) is 11.2 Å². The number of aromatic nitrogens is 2. The highest BCUT2D eigenvalue weighted by molar-refractivity contribution is 5.78. The maximum Gasteiger partial charge on any atom is 0.260 e. The lowest BCUT2D eigenvalue weighted by atomic mass is 9.98. The minimum atomic E-state index is -0.344. The van der Waals surface area contributed by atoms with Crippen LogP contribution in [0.3, 0.4) is 0 Å². The summed E-state index contributed by atoms with van der Waals surface area (Å²) < 4.78 is 29.7. The van der Waals surface area contributed by atoms with Gasteiger partial charge >= 0.3 is 0 Å². The van der Waals surface area contributed by atoms with Gasteiger partial charge in [-0.1, -0.05) is 17.3 Å². The molecule has 0 N–H and O–H groups in total. The highest BCUT2D eigenvalue weighted by atomic mass is 19.1. The number of carbonyl (C=O) groups is 1. The molecule has 7 nitrogen and oxygen atoms in total. The first-order chi connectivity index (χ1) is 15.6. The molecule has 2 aromatic carbocycles. The smallest absolute Gasteiger partial charge is 0.260 e. The summed E-state index contributed by atoms with van der Waals surface area (Å²) in [7, 11) is 0. The van der Waals surface area contributed by atoms with Crippen LogP contribution in [0.15, 0.2) is 53.1 Å². The third kappa shape index (κ3) is 5.84. The standard InChI is InChI=1S/C24H26FN3O4/c1-17-4-2-6-21(14-17)30-13-11-22-26-24(32-27-22)18-5-3-12-28(15-18)23(29)16-31-20-9-7-19(25)8-10-20/h2,4,6-10,14,18H,3,5,11-13,15-16H2,1H3. The van der Waals surface area contributed by atoms with E-state index >= 15 is 0 Å². The van der Waals surface area contributed by atoms with E-state index in [9.17, 15) is 9.18 Å². The Kier molecular flexibility index (Phi) is 6.99. The van der Waals surface area contributed by atoms with Crippen molar-refractivity contribution < 1.29 is 23.2 Å². The molecule has 0 radical (unpaired) electrons. The predicted octanol–water partition coefficient (Wildman–Crippen LogP) is 3.92. The second-order valence-corrected chi connectivity index (χ2v) is 7.89. The molecule has 32 heavy (non-hydrogen) atoms. The summed E-state index contributed by atoms with van der Waals surface area (Å²) in [5.74, 6) is 1.95. The number of benzene rings is 2. The predicted molar refractivity (Wildman–Crippen MR) is 115 cm³/mol. The summed E-state index contributed by atoms with van der Waals surface area (Å²) >= 11 is 0. The number of carbonyl (C=O) groups excluding carboxylic acids is 1. The lowest BCUT2D eigenvalue weighted by molar-refractivity contribution is -0.134. The van der Waals surface area contributed by atoms with Crippen molar-refractivity contribution in [2.75, 3.05) is 26.3 Å². The highest BCUT2D eigenvalue weighted by Gasteiger charge is 2.28. The number of hydrogen-bond donors (Lipinski definition) is 0. The molecule has 0 aliphatic carbocycles. The Morgan fingerprint density at radius 2 is 2.03 bits per heavy atom. The van der Waals surface area contributed by atoms with Crippen molar-refractivity contribution in [3.8, 4) is 11.5 Å². The largest absolute Gasteiger partial charge is 0.493 e. The molecule has 2 heterocycles. The van der Waals surface area contributed by atoms with Crippen LogP contribution in [-0.4, -0.2) is 47.3 Å². The minimum Gasteiger partial charge on any atom is -0.493 e. The first-order valence-corrected chi connectivity index (χ1v) is 10.7. The van der Waals surface area contributed by atoms with E-state index in [0.717, 1.165) is 24.2 Å². The molecule has 0 spiro atoms. The van der Waals surface area contributed by atoms with E-state index in [0.29, 0.717) is 43.6 Å². The average molecular weight is 439 g/mol. The van der Waals surface area contributed by atoms with E-state index in [1.807, 2.05) is 31.2 Å². The third-order valence-corrected chi connectivity index (χ3v) is 5.37. The van der Waals surface area contributed by atoms with E-state index in [4.69, 9.17) is 14.0 Å². The molecule has 4 rings (SSSR count). The number of aryl methyl sites for hydroxylation is 1. The second-order valence-electron chi connectivity index (χ2n) is 7.89. The van der Waals surface area contributed by atoms with Crippen LogP contribution in [0.1, 0.15) is 36.0 Å². The van der Waals surface area contributed by atoms with Gasteiger partial charge in [-0.15, -0.1) is 0 Å². The Morgan fingerprint density at radius 1 is 1.19 bits per heavy atom. The lowest BCUT2D eigenvalue weighted by Gasteiger charge is -2.30. The molecule has 1 aliphatic rings. The molecule has 0 saturated carbocycles. The number of amides is 1. The zero-order chi connectivity index (χ0) is 22.3. The molecule has 1 fully saturated rings. The van der Waals surface area contributed by atoms with Gasteiger partial charge in [-0.2, -0.15) is 4.98 Å². The first kappa shape index (κ1) is 21.8. The summed E-state index contributed by atoms with van der Waals surface area (Å²) in [6, 6.07) is 13.5. The molecule has 1 unspecified atom stereocenters. The fraction of sp³-hybridized carbons (Fsp3) is 0.375. The van der Waals surface area contributed by atoms with Crippen molar-refractivity contribution in [2.24, 2.45) is 0 Å². The SMILES string of the molecule is Cc1cccc(OCCc2noc(C3CCCN(C(=O)COc4ccc(F)cc4)C3)n2)c1. The number of ether oxygens (including phenoxy) is 2. The number of nitrogens with zero attached hydrogens (tertiary/aromatic N) is 3. The van der Waals surface area contributed by atoms with Gasteiger partial charge in [0.25, 0.3) is 5.91 Å². The zero-order valence-corrected chi connectivity index (χ0v) is 18.0. The Labute approximate surface area is 186 Å². The van der Waals surface area contributed by atoms with Gasteiger partial charge in [0.2, 0.25) is 5.89 Å². The number of likely N-dealkylation sites (tertiary alicyclic amines) is 1. The number of hydrogen-bond acceptors (Lipinski definition) is 6. The van der Waals surface area contributed by atoms with Crippen molar-refractivity contribution in [1.82, 2.24) is 15.0 Å². The van der Waals surface area contributed by atoms with Crippen LogP contribution in [0.2, 0.25) is 0 Å². The van der Waals surface area contributed by atoms with Gasteiger partial charge in [-0.05, 0) is 61.7 Å². The molecule has 168 valence electrons. The van der Waals surface area contributed by atoms with Crippen LogP contribution in [0.25, 0.3) is 0 Å². The molecule has 1 atom stereocenters. The van der Waals surface area contributed by atoms with Crippen molar-refractivity contribution in [3.63, 3.8) is 0 Å². The van der Waals surface area contributed by atoms with Crippen molar-refractivity contribution in [3.05, 3.63) is 71.6 Å². The summed E-state index contributed by atoms with van der Waals surface area (Å²) in [4.78, 5) is 18.8. The second kappa shape index (κ2) is 10.3. The van der Waals surface area contributed by atoms with Gasteiger partial charge in [-0.25, -0.2) is 4.39 Å². The molecular weight excluding hydrogens is 413 g/mol. The number of piperidine rings is 1. The van der Waals surface area contributed by atoms with E-state index in [1.54, 1.807) is 4.90 Å². The quantitative estimate of drug-likeness (QED) is 0.529. The lowest BCUT2D eigenvalue weighted by Crippen LogP contribution is -2.41. The average Bonchev–Trinajstić information content (AvgIpc) is 3.28. The maximum absolute atomic E-state index is 13.0. The Morgan fingerprint density at radius 3 is 2.84 bits per heavy atom. The molecule has 0 bridgehead atoms. The van der Waals surface area contributed by atoms with Crippen molar-refractivity contribution >= 4 is 5.91 Å². The summed E-state index contributed by atoms with van der Waals surface area (Å²) in [5.41, 5.74) is 1.14. The van der Waals surface area contributed by atoms with Gasteiger partial charge in [0.1, 0.15) is 17.3 Å². The van der Waals surface area contributed by atoms with Crippen molar-refractivity contribution in [1.29, 1.82) is 0 Å². The monoisotopic (exact) mass is 439 g/mol. The third-order valence-electron chi connectivity index (χ3n) is 5.37. The fourth-order valence-electron chi connectivity index (χ4n) is 3.67. The first-order valence-electron chi connectivity index (χ1n) is 10.7. The van der Waals surface area contributed by atoms with Crippen LogP contribution in [0.5, 0.6) is 11.5 Å². The Bertz CT molecular complexity index is 1040. The molecular formula is C24H26FN3O4. The summed E-state index contributed by atoms with van der Waals surface area (Å²) in [6.45, 7) is 3.55. The van der Waals surface area contributed by atoms with Crippen LogP contribution in [0.4, 0.5) is 4.39 Å². The van der Waals surface area contributed by atoms with Crippen LogP contribution >= 0.6 is 0 Å². The van der Waals surface area contributed by atoms with Gasteiger partial charge in [-0.3, -0.25) is 4.79 Å². The van der Waals surface area contributed by atoms with Gasteiger partial charge < -0.3 is 18.9 Å². The molecule has 8 heteroatoms. The number of halogens is 1. The minimum absolute atomic E-state index is 0.00235. The topological polar surface area (TPSA) is 77.7 Å². The van der Waals surface area contributed by atoms with E-state index in [-0.39, 0.29) is 24.2 Å². The summed E-state index contributed by atoms with van der Waals surface area (Å²) in [6.07, 6.45) is 2.27. The maximum atomic E-state index is 13.0. The number of rotatable bonds is 8. The van der Waals surface area contributed by atoms with E-state index in [1.165, 1.54) is 24.3 Å². The molecule has 1 aromatic heterocycles. The fourth-order valence-corrected chi connectivity index (χ4v) is 3.67. The van der Waals surface area contributed by atoms with E-state index < -0.39 is 0 Å². The Hall–Kier alpha value is -3.42. The molecule has 1 saturated heterocycles. The van der Waals surface area contributed by atoms with Crippen LogP contribution < -0.4 is 9.47 Å². The summed E-state index contributed by atoms with van der Waals surface area (Å²) in [5, 5.41) is 4.07. The zero-order valence-electron chi connectivity index (χ0n) is 18.0. The van der Waals surface area contributed by atoms with Crippen molar-refractivity contribution in [2.45, 2.75) is 32.1 Å². The Balaban J connectivity index is 1.26. The molecule has 1 aliphatic heterocycles. The van der Waals surface area contributed by atoms with Crippen LogP contribution in [0, 0.1) is 12.7 Å². The highest BCUT2D eigenvalue weighted by Crippen LogP contribution is 2.26. The van der Waals surface area contributed by atoms with Gasteiger partial charge in [0, 0.05) is 19.5 Å². The molecule has 1 amide bonds. The van der Waals surface area contributed by atoms with Gasteiger partial charge in [0.05, 0.1) is 12.5 Å². The molecule has 3 aromatic rings.